The van der Waals surface area contributed by atoms with Crippen molar-refractivity contribution in [2.45, 2.75) is 13.8 Å². The van der Waals surface area contributed by atoms with Crippen molar-refractivity contribution in [2.75, 3.05) is 6.61 Å². The molecule has 3 heteroatoms. The summed E-state index contributed by atoms with van der Waals surface area (Å²) in [5.74, 6) is 0.289. The maximum absolute atomic E-state index is 11.0. The second-order valence-corrected chi connectivity index (χ2v) is 3.49. The molecule has 1 rings (SSSR count). The molecule has 0 aromatic heterocycles. The quantitative estimate of drug-likeness (QED) is 0.496. The van der Waals surface area contributed by atoms with Crippen molar-refractivity contribution >= 4 is 28.6 Å². The molecule has 2 unspecified atom stereocenters. The molecule has 1 aliphatic heterocycles. The van der Waals surface area contributed by atoms with Gasteiger partial charge in [-0.3, -0.25) is 4.79 Å². The van der Waals surface area contributed by atoms with Gasteiger partial charge in [-0.25, -0.2) is 0 Å². The van der Waals surface area contributed by atoms with Crippen LogP contribution in [0.3, 0.4) is 0 Å². The number of esters is 1. The normalized spacial score (nSPS) is 35.5. The van der Waals surface area contributed by atoms with Gasteiger partial charge in [0, 0.05) is 0 Å². The van der Waals surface area contributed by atoms with Gasteiger partial charge < -0.3 is 4.74 Å². The minimum atomic E-state index is -0.0699. The van der Waals surface area contributed by atoms with E-state index in [0.717, 1.165) is 0 Å². The molecule has 62 valence electrons. The molecular weight excluding hydrogens is 255 g/mol. The zero-order valence-electron chi connectivity index (χ0n) is 6.63. The summed E-state index contributed by atoms with van der Waals surface area (Å²) >= 11 is 2.19. The lowest BCUT2D eigenvalue weighted by atomic mass is 9.88. The third-order valence-electron chi connectivity index (χ3n) is 2.23. The highest BCUT2D eigenvalue weighted by atomic mass is 127. The summed E-state index contributed by atoms with van der Waals surface area (Å²) < 4.78 is 6.96. The van der Waals surface area contributed by atoms with E-state index in [-0.39, 0.29) is 11.9 Å². The van der Waals surface area contributed by atoms with Crippen molar-refractivity contribution in [1.82, 2.24) is 0 Å². The lowest BCUT2D eigenvalue weighted by Crippen LogP contribution is -2.30. The molecule has 2 nitrogen and oxygen atoms in total. The highest BCUT2D eigenvalue weighted by Gasteiger charge is 2.29. The monoisotopic (exact) mass is 266 g/mol. The van der Waals surface area contributed by atoms with E-state index >= 15 is 0 Å². The smallest absolute Gasteiger partial charge is 0.309 e. The van der Waals surface area contributed by atoms with Gasteiger partial charge in [0.05, 0.1) is 5.92 Å². The summed E-state index contributed by atoms with van der Waals surface area (Å²) in [4.78, 5) is 11.0. The average molecular weight is 266 g/mol. The van der Waals surface area contributed by atoms with Gasteiger partial charge in [-0.15, -0.1) is 0 Å². The lowest BCUT2D eigenvalue weighted by Gasteiger charge is -2.26. The van der Waals surface area contributed by atoms with E-state index in [0.29, 0.717) is 12.5 Å². The molecule has 0 amide bonds. The summed E-state index contributed by atoms with van der Waals surface area (Å²) in [6, 6.07) is 0. The SMILES string of the molecule is CC1C(=O)OCC(=CI)C1C. The number of ether oxygens (including phenoxy) is 1. The zero-order chi connectivity index (χ0) is 8.43. The molecule has 0 bridgehead atoms. The second kappa shape index (κ2) is 3.56. The predicted octanol–water partition coefficient (Wildman–Crippen LogP) is 2.13. The maximum Gasteiger partial charge on any atom is 0.309 e. The second-order valence-electron chi connectivity index (χ2n) is 2.87. The van der Waals surface area contributed by atoms with E-state index in [2.05, 4.69) is 29.5 Å². The minimum Gasteiger partial charge on any atom is -0.461 e. The number of hydrogen-bond acceptors (Lipinski definition) is 2. The Morgan fingerprint density at radius 2 is 2.18 bits per heavy atom. The third-order valence-corrected chi connectivity index (χ3v) is 3.03. The van der Waals surface area contributed by atoms with Gasteiger partial charge in [0.15, 0.2) is 0 Å². The fourth-order valence-electron chi connectivity index (χ4n) is 1.07. The van der Waals surface area contributed by atoms with Crippen LogP contribution in [-0.4, -0.2) is 12.6 Å². The van der Waals surface area contributed by atoms with E-state index in [1.807, 2.05) is 11.0 Å². The molecule has 0 aromatic carbocycles. The Hall–Kier alpha value is -0.0600. The van der Waals surface area contributed by atoms with E-state index in [1.165, 1.54) is 5.57 Å². The number of cyclic esters (lactones) is 1. The van der Waals surface area contributed by atoms with E-state index < -0.39 is 0 Å². The molecule has 1 fully saturated rings. The van der Waals surface area contributed by atoms with Crippen molar-refractivity contribution in [1.29, 1.82) is 0 Å². The molecule has 2 atom stereocenters. The first kappa shape index (κ1) is 9.03. The van der Waals surface area contributed by atoms with Gasteiger partial charge in [0.1, 0.15) is 6.61 Å². The van der Waals surface area contributed by atoms with Crippen LogP contribution in [0, 0.1) is 11.8 Å². The molecule has 0 N–H and O–H groups in total. The highest BCUT2D eigenvalue weighted by molar-refractivity contribution is 14.1. The van der Waals surface area contributed by atoms with Crippen molar-refractivity contribution in [3.63, 3.8) is 0 Å². The van der Waals surface area contributed by atoms with Crippen molar-refractivity contribution in [2.24, 2.45) is 11.8 Å². The summed E-state index contributed by atoms with van der Waals surface area (Å²) in [6.45, 7) is 4.45. The van der Waals surface area contributed by atoms with Gasteiger partial charge in [0.2, 0.25) is 0 Å². The topological polar surface area (TPSA) is 26.3 Å². The Bertz CT molecular complexity index is 198. The van der Waals surface area contributed by atoms with Crippen molar-refractivity contribution in [3.8, 4) is 0 Å². The fraction of sp³-hybridized carbons (Fsp3) is 0.625. The van der Waals surface area contributed by atoms with Crippen LogP contribution in [0.25, 0.3) is 0 Å². The van der Waals surface area contributed by atoms with Crippen molar-refractivity contribution < 1.29 is 9.53 Å². The number of carbonyl (C=O) groups excluding carboxylic acids is 1. The zero-order valence-corrected chi connectivity index (χ0v) is 8.79. The number of halogens is 1. The van der Waals surface area contributed by atoms with Gasteiger partial charge in [-0.1, -0.05) is 36.4 Å². The molecule has 0 aliphatic carbocycles. The first-order valence-corrected chi connectivity index (χ1v) is 4.87. The molecule has 11 heavy (non-hydrogen) atoms. The number of carbonyl (C=O) groups is 1. The average Bonchev–Trinajstić information content (AvgIpc) is 2.01. The maximum atomic E-state index is 11.0. The van der Waals surface area contributed by atoms with Crippen LogP contribution >= 0.6 is 22.6 Å². The molecule has 1 heterocycles. The Balaban J connectivity index is 2.75. The Morgan fingerprint density at radius 3 is 2.73 bits per heavy atom. The minimum absolute atomic E-state index is 0.0183. The Labute approximate surface area is 80.1 Å². The molecule has 0 radical (unpaired) electrons. The van der Waals surface area contributed by atoms with Crippen LogP contribution in [0.2, 0.25) is 0 Å². The van der Waals surface area contributed by atoms with E-state index in [4.69, 9.17) is 4.74 Å². The van der Waals surface area contributed by atoms with Crippen LogP contribution in [0.15, 0.2) is 9.66 Å². The van der Waals surface area contributed by atoms with Crippen molar-refractivity contribution in [3.05, 3.63) is 9.66 Å². The van der Waals surface area contributed by atoms with Gasteiger partial charge in [0.25, 0.3) is 0 Å². The lowest BCUT2D eigenvalue weighted by molar-refractivity contribution is -0.151. The first-order chi connectivity index (χ1) is 5.16. The van der Waals surface area contributed by atoms with Gasteiger partial charge >= 0.3 is 5.97 Å². The predicted molar refractivity (Wildman–Crippen MR) is 51.4 cm³/mol. The van der Waals surface area contributed by atoms with Crippen LogP contribution in [0.5, 0.6) is 0 Å². The summed E-state index contributed by atoms with van der Waals surface area (Å²) in [5.41, 5.74) is 1.22. The van der Waals surface area contributed by atoms with Crippen LogP contribution in [0.1, 0.15) is 13.8 Å². The summed E-state index contributed by atoms with van der Waals surface area (Å²) in [5, 5.41) is 0. The van der Waals surface area contributed by atoms with Crippen LogP contribution in [-0.2, 0) is 9.53 Å². The molecule has 1 saturated heterocycles. The number of rotatable bonds is 0. The van der Waals surface area contributed by atoms with Crippen LogP contribution < -0.4 is 0 Å². The number of hydrogen-bond donors (Lipinski definition) is 0. The van der Waals surface area contributed by atoms with E-state index in [1.54, 1.807) is 0 Å². The summed E-state index contributed by atoms with van der Waals surface area (Å²) in [7, 11) is 0. The van der Waals surface area contributed by atoms with Gasteiger partial charge in [-0.05, 0) is 15.6 Å². The highest BCUT2D eigenvalue weighted by Crippen LogP contribution is 2.27. The first-order valence-electron chi connectivity index (χ1n) is 3.62. The van der Waals surface area contributed by atoms with Crippen LogP contribution in [0.4, 0.5) is 0 Å². The van der Waals surface area contributed by atoms with E-state index in [9.17, 15) is 4.79 Å². The molecule has 0 saturated carbocycles. The standard InChI is InChI=1S/C8H11IO2/c1-5-6(2)8(10)11-4-7(5)3-9/h3,5-6H,4H2,1-2H3. The third kappa shape index (κ3) is 1.75. The molecule has 1 aliphatic rings. The Kier molecular flexibility index (Phi) is 2.92. The van der Waals surface area contributed by atoms with Gasteiger partial charge in [-0.2, -0.15) is 0 Å². The Morgan fingerprint density at radius 1 is 1.55 bits per heavy atom. The summed E-state index contributed by atoms with van der Waals surface area (Å²) in [6.07, 6.45) is 0. The molecular formula is C8H11IO2. The fourth-order valence-corrected chi connectivity index (χ4v) is 1.82. The molecule has 0 aromatic rings. The molecule has 0 spiro atoms. The largest absolute Gasteiger partial charge is 0.461 e.